The van der Waals surface area contributed by atoms with Crippen molar-refractivity contribution >= 4 is 23.4 Å². The molecule has 0 spiro atoms. The highest BCUT2D eigenvalue weighted by atomic mass is 32.2. The summed E-state index contributed by atoms with van der Waals surface area (Å²) >= 11 is 1.71. The van der Waals surface area contributed by atoms with Crippen molar-refractivity contribution in [3.63, 3.8) is 0 Å². The summed E-state index contributed by atoms with van der Waals surface area (Å²) in [4.78, 5) is 14.0. The first-order valence-corrected chi connectivity index (χ1v) is 6.27. The van der Waals surface area contributed by atoms with Crippen molar-refractivity contribution in [1.29, 1.82) is 0 Å². The van der Waals surface area contributed by atoms with Crippen molar-refractivity contribution in [3.05, 3.63) is 24.3 Å². The summed E-state index contributed by atoms with van der Waals surface area (Å²) < 4.78 is 0. The fourth-order valence-electron chi connectivity index (χ4n) is 1.24. The van der Waals surface area contributed by atoms with Crippen molar-refractivity contribution < 1.29 is 4.79 Å². The summed E-state index contributed by atoms with van der Waals surface area (Å²) in [6.45, 7) is 0. The molecular weight excluding hydrogens is 220 g/mol. The van der Waals surface area contributed by atoms with E-state index in [1.165, 1.54) is 0 Å². The maximum Gasteiger partial charge on any atom is 0.222 e. The molecule has 2 N–H and O–H groups in total. The fraction of sp³-hybridized carbons (Fsp3) is 0.417. The maximum absolute atomic E-state index is 11.3. The van der Waals surface area contributed by atoms with E-state index in [4.69, 9.17) is 5.73 Å². The van der Waals surface area contributed by atoms with Crippen molar-refractivity contribution in [2.75, 3.05) is 25.6 Å². The molecule has 1 amide bonds. The zero-order chi connectivity index (χ0) is 12.0. The van der Waals surface area contributed by atoms with Gasteiger partial charge in [0.2, 0.25) is 5.91 Å². The summed E-state index contributed by atoms with van der Waals surface area (Å²) in [6, 6.07) is 7.81. The van der Waals surface area contributed by atoms with Crippen LogP contribution in [0.5, 0.6) is 0 Å². The highest BCUT2D eigenvalue weighted by Crippen LogP contribution is 2.25. The predicted molar refractivity (Wildman–Crippen MR) is 69.5 cm³/mol. The number of hydrogen-bond donors (Lipinski definition) is 1. The molecule has 0 aliphatic rings. The Morgan fingerprint density at radius 1 is 1.38 bits per heavy atom. The van der Waals surface area contributed by atoms with Gasteiger partial charge in [-0.3, -0.25) is 4.79 Å². The fourth-order valence-corrected chi connectivity index (χ4v) is 2.16. The molecule has 16 heavy (non-hydrogen) atoms. The van der Waals surface area contributed by atoms with Gasteiger partial charge in [0, 0.05) is 31.1 Å². The summed E-state index contributed by atoms with van der Waals surface area (Å²) in [5, 5.41) is 0. The average molecular weight is 238 g/mol. The highest BCUT2D eigenvalue weighted by molar-refractivity contribution is 7.99. The predicted octanol–water partition coefficient (Wildman–Crippen LogP) is 2.23. The third-order valence-corrected chi connectivity index (χ3v) is 3.39. The molecule has 88 valence electrons. The van der Waals surface area contributed by atoms with Gasteiger partial charge >= 0.3 is 0 Å². The Morgan fingerprint density at radius 2 is 2.06 bits per heavy atom. The number of benzene rings is 1. The van der Waals surface area contributed by atoms with Gasteiger partial charge in [-0.2, -0.15) is 0 Å². The second-order valence-electron chi connectivity index (χ2n) is 3.78. The van der Waals surface area contributed by atoms with Gasteiger partial charge in [-0.05, 0) is 24.3 Å². The molecule has 0 atom stereocenters. The van der Waals surface area contributed by atoms with E-state index < -0.39 is 0 Å². The van der Waals surface area contributed by atoms with Crippen LogP contribution >= 0.6 is 11.8 Å². The minimum absolute atomic E-state index is 0.182. The molecule has 4 heteroatoms. The zero-order valence-electron chi connectivity index (χ0n) is 9.77. The largest absolute Gasteiger partial charge is 0.398 e. The van der Waals surface area contributed by atoms with Crippen LogP contribution in [0, 0.1) is 0 Å². The van der Waals surface area contributed by atoms with Crippen LogP contribution in [0.1, 0.15) is 12.8 Å². The van der Waals surface area contributed by atoms with Crippen molar-refractivity contribution in [1.82, 2.24) is 4.90 Å². The van der Waals surface area contributed by atoms with E-state index in [2.05, 4.69) is 0 Å². The molecule has 1 aromatic rings. The van der Waals surface area contributed by atoms with E-state index in [9.17, 15) is 4.79 Å². The van der Waals surface area contributed by atoms with E-state index in [0.29, 0.717) is 6.42 Å². The molecule has 0 heterocycles. The number of anilines is 1. The van der Waals surface area contributed by atoms with Crippen LogP contribution in [-0.4, -0.2) is 30.7 Å². The van der Waals surface area contributed by atoms with Crippen LogP contribution in [0.4, 0.5) is 5.69 Å². The van der Waals surface area contributed by atoms with Crippen molar-refractivity contribution in [2.24, 2.45) is 0 Å². The lowest BCUT2D eigenvalue weighted by Crippen LogP contribution is -2.21. The molecule has 0 saturated carbocycles. The first-order valence-electron chi connectivity index (χ1n) is 5.28. The van der Waals surface area contributed by atoms with E-state index in [0.717, 1.165) is 22.8 Å². The first-order chi connectivity index (χ1) is 7.61. The average Bonchev–Trinajstić information content (AvgIpc) is 2.26. The van der Waals surface area contributed by atoms with E-state index in [1.54, 1.807) is 30.8 Å². The maximum atomic E-state index is 11.3. The van der Waals surface area contributed by atoms with Gasteiger partial charge in [0.1, 0.15) is 0 Å². The smallest absolute Gasteiger partial charge is 0.222 e. The Hall–Kier alpha value is -1.16. The highest BCUT2D eigenvalue weighted by Gasteiger charge is 2.04. The van der Waals surface area contributed by atoms with E-state index in [-0.39, 0.29) is 5.91 Å². The molecule has 0 aliphatic heterocycles. The molecule has 0 unspecified atom stereocenters. The van der Waals surface area contributed by atoms with Gasteiger partial charge in [-0.15, -0.1) is 11.8 Å². The topological polar surface area (TPSA) is 46.3 Å². The molecule has 0 saturated heterocycles. The number of hydrogen-bond acceptors (Lipinski definition) is 3. The molecular formula is C12H18N2OS. The van der Waals surface area contributed by atoms with Crippen molar-refractivity contribution in [2.45, 2.75) is 17.7 Å². The van der Waals surface area contributed by atoms with Crippen LogP contribution < -0.4 is 5.73 Å². The first kappa shape index (κ1) is 12.9. The number of nitrogens with zero attached hydrogens (tertiary/aromatic N) is 1. The number of para-hydroxylation sites is 1. The molecule has 0 aromatic heterocycles. The zero-order valence-corrected chi connectivity index (χ0v) is 10.6. The quantitative estimate of drug-likeness (QED) is 0.486. The van der Waals surface area contributed by atoms with Gasteiger partial charge in [0.05, 0.1) is 0 Å². The monoisotopic (exact) mass is 238 g/mol. The molecule has 0 fully saturated rings. The summed E-state index contributed by atoms with van der Waals surface area (Å²) in [5.41, 5.74) is 6.63. The molecule has 0 bridgehead atoms. The summed E-state index contributed by atoms with van der Waals surface area (Å²) in [7, 11) is 3.56. The third-order valence-electron chi connectivity index (χ3n) is 2.21. The van der Waals surface area contributed by atoms with Crippen LogP contribution in [0.15, 0.2) is 29.2 Å². The normalized spacial score (nSPS) is 10.1. The minimum Gasteiger partial charge on any atom is -0.398 e. The Labute approximate surface area is 101 Å². The lowest BCUT2D eigenvalue weighted by atomic mass is 10.3. The van der Waals surface area contributed by atoms with Gasteiger partial charge < -0.3 is 10.6 Å². The number of carbonyl (C=O) groups is 1. The van der Waals surface area contributed by atoms with Crippen LogP contribution in [0.25, 0.3) is 0 Å². The summed E-state index contributed by atoms with van der Waals surface area (Å²) in [5.74, 6) is 1.11. The number of carbonyl (C=O) groups excluding carboxylic acids is 1. The Kier molecular flexibility index (Phi) is 5.19. The van der Waals surface area contributed by atoms with Gasteiger partial charge in [0.25, 0.3) is 0 Å². The standard InChI is InChI=1S/C12H18N2OS/c1-14(2)12(15)8-5-9-16-11-7-4-3-6-10(11)13/h3-4,6-7H,5,8-9,13H2,1-2H3. The number of thioether (sulfide) groups is 1. The van der Waals surface area contributed by atoms with Gasteiger partial charge in [-0.1, -0.05) is 12.1 Å². The van der Waals surface area contributed by atoms with E-state index in [1.807, 2.05) is 24.3 Å². The SMILES string of the molecule is CN(C)C(=O)CCCSc1ccccc1N. The van der Waals surface area contributed by atoms with Gasteiger partial charge in [0.15, 0.2) is 0 Å². The Morgan fingerprint density at radius 3 is 2.69 bits per heavy atom. The minimum atomic E-state index is 0.182. The Bertz CT molecular complexity index is 353. The van der Waals surface area contributed by atoms with Crippen LogP contribution in [0.2, 0.25) is 0 Å². The van der Waals surface area contributed by atoms with Gasteiger partial charge in [-0.25, -0.2) is 0 Å². The molecule has 1 rings (SSSR count). The summed E-state index contributed by atoms with van der Waals surface area (Å²) in [6.07, 6.45) is 1.49. The second-order valence-corrected chi connectivity index (χ2v) is 4.91. The molecule has 1 aromatic carbocycles. The lowest BCUT2D eigenvalue weighted by molar-refractivity contribution is -0.128. The van der Waals surface area contributed by atoms with Crippen LogP contribution in [-0.2, 0) is 4.79 Å². The number of amides is 1. The third kappa shape index (κ3) is 4.14. The molecule has 0 aliphatic carbocycles. The number of nitrogens with two attached hydrogens (primary N) is 1. The lowest BCUT2D eigenvalue weighted by Gasteiger charge is -2.09. The van der Waals surface area contributed by atoms with E-state index >= 15 is 0 Å². The molecule has 0 radical (unpaired) electrons. The number of rotatable bonds is 5. The van der Waals surface area contributed by atoms with Crippen LogP contribution in [0.3, 0.4) is 0 Å². The Balaban J connectivity index is 2.26. The molecule has 3 nitrogen and oxygen atoms in total. The number of nitrogen functional groups attached to an aromatic ring is 1. The van der Waals surface area contributed by atoms with Crippen molar-refractivity contribution in [3.8, 4) is 0 Å². The second kappa shape index (κ2) is 6.43.